The zero-order chi connectivity index (χ0) is 15.2. The summed E-state index contributed by atoms with van der Waals surface area (Å²) in [5.74, 6) is 0.293. The van der Waals surface area contributed by atoms with E-state index in [0.717, 1.165) is 14.2 Å². The van der Waals surface area contributed by atoms with Gasteiger partial charge in [-0.3, -0.25) is 4.79 Å². The third kappa shape index (κ3) is 5.18. The molecule has 0 aliphatic rings. The van der Waals surface area contributed by atoms with Gasteiger partial charge in [0.1, 0.15) is 0 Å². The van der Waals surface area contributed by atoms with Gasteiger partial charge in [0.15, 0.2) is 8.68 Å². The first-order valence-electron chi connectivity index (χ1n) is 6.13. The number of thioether (sulfide) groups is 2. The van der Waals surface area contributed by atoms with Gasteiger partial charge < -0.3 is 5.32 Å². The summed E-state index contributed by atoms with van der Waals surface area (Å²) in [5.41, 5.74) is 0.987. The molecular formula is C13H14ClN3OS3. The normalized spacial score (nSPS) is 12.1. The molecule has 0 radical (unpaired) electrons. The molecule has 21 heavy (non-hydrogen) atoms. The third-order valence-corrected chi connectivity index (χ3v) is 5.88. The average Bonchev–Trinajstić information content (AvgIpc) is 2.93. The Morgan fingerprint density at radius 1 is 1.43 bits per heavy atom. The quantitative estimate of drug-likeness (QED) is 0.793. The molecule has 0 fully saturated rings. The van der Waals surface area contributed by atoms with Crippen molar-refractivity contribution in [1.82, 2.24) is 15.5 Å². The molecule has 1 N–H and O–H groups in total. The number of hydrogen-bond donors (Lipinski definition) is 1. The fourth-order valence-corrected chi connectivity index (χ4v) is 4.06. The van der Waals surface area contributed by atoms with E-state index in [-0.39, 0.29) is 11.9 Å². The van der Waals surface area contributed by atoms with E-state index in [1.54, 1.807) is 11.8 Å². The molecule has 0 bridgehead atoms. The summed E-state index contributed by atoms with van der Waals surface area (Å²) in [4.78, 5) is 11.9. The monoisotopic (exact) mass is 359 g/mol. The second-order valence-corrected chi connectivity index (χ2v) is 7.86. The fourth-order valence-electron chi connectivity index (χ4n) is 1.61. The van der Waals surface area contributed by atoms with Crippen LogP contribution in [0, 0.1) is 0 Å². The van der Waals surface area contributed by atoms with Crippen molar-refractivity contribution in [3.05, 3.63) is 34.9 Å². The highest BCUT2D eigenvalue weighted by Crippen LogP contribution is 2.27. The average molecular weight is 360 g/mol. The van der Waals surface area contributed by atoms with Gasteiger partial charge in [0.05, 0.1) is 11.8 Å². The Balaban J connectivity index is 1.84. The van der Waals surface area contributed by atoms with Crippen molar-refractivity contribution in [2.45, 2.75) is 21.6 Å². The Hall–Kier alpha value is -0.760. The molecule has 1 aromatic carbocycles. The maximum atomic E-state index is 11.9. The number of hydrogen-bond acceptors (Lipinski definition) is 6. The molecule has 112 valence electrons. The van der Waals surface area contributed by atoms with Gasteiger partial charge in [-0.25, -0.2) is 0 Å². The van der Waals surface area contributed by atoms with E-state index in [1.165, 1.54) is 23.1 Å². The number of halogens is 1. The van der Waals surface area contributed by atoms with Gasteiger partial charge in [-0.1, -0.05) is 58.6 Å². The van der Waals surface area contributed by atoms with Crippen molar-refractivity contribution in [2.24, 2.45) is 0 Å². The standard InChI is InChI=1S/C13H14ClN3OS3/c1-8(9-4-3-5-10(14)6-9)15-11(18)7-20-13-17-16-12(19-2)21-13/h3-6,8H,7H2,1-2H3,(H,15,18)/t8-/m1/s1. The number of carbonyl (C=O) groups excluding carboxylic acids is 1. The SMILES string of the molecule is CSc1nnc(SCC(=O)N[C@H](C)c2cccc(Cl)c2)s1. The molecule has 2 rings (SSSR count). The van der Waals surface area contributed by atoms with Crippen LogP contribution in [0.1, 0.15) is 18.5 Å². The van der Waals surface area contributed by atoms with E-state index in [2.05, 4.69) is 15.5 Å². The molecule has 4 nitrogen and oxygen atoms in total. The summed E-state index contributed by atoms with van der Waals surface area (Å²) >= 11 is 10.4. The Bertz CT molecular complexity index is 620. The number of nitrogens with one attached hydrogen (secondary N) is 1. The molecule has 0 unspecified atom stereocenters. The maximum absolute atomic E-state index is 11.9. The van der Waals surface area contributed by atoms with E-state index in [9.17, 15) is 4.79 Å². The van der Waals surface area contributed by atoms with E-state index in [0.29, 0.717) is 10.8 Å². The van der Waals surface area contributed by atoms with Crippen LogP contribution in [0.15, 0.2) is 32.9 Å². The summed E-state index contributed by atoms with van der Waals surface area (Å²) in [5, 5.41) is 11.6. The van der Waals surface area contributed by atoms with Crippen LogP contribution in [-0.4, -0.2) is 28.1 Å². The number of aromatic nitrogens is 2. The molecule has 0 aliphatic heterocycles. The van der Waals surface area contributed by atoms with E-state index in [1.807, 2.05) is 37.4 Å². The first-order valence-corrected chi connectivity index (χ1v) is 9.54. The third-order valence-electron chi connectivity index (χ3n) is 2.62. The van der Waals surface area contributed by atoms with Crippen LogP contribution < -0.4 is 5.32 Å². The van der Waals surface area contributed by atoms with Crippen molar-refractivity contribution in [1.29, 1.82) is 0 Å². The van der Waals surface area contributed by atoms with Crippen LogP contribution in [0.5, 0.6) is 0 Å². The van der Waals surface area contributed by atoms with E-state index >= 15 is 0 Å². The molecule has 8 heteroatoms. The lowest BCUT2D eigenvalue weighted by molar-refractivity contribution is -0.119. The first-order chi connectivity index (χ1) is 10.1. The lowest BCUT2D eigenvalue weighted by Gasteiger charge is -2.14. The number of carbonyl (C=O) groups is 1. The van der Waals surface area contributed by atoms with Gasteiger partial charge in [0.25, 0.3) is 0 Å². The van der Waals surface area contributed by atoms with Gasteiger partial charge >= 0.3 is 0 Å². The van der Waals surface area contributed by atoms with Crippen LogP contribution >= 0.6 is 46.5 Å². The van der Waals surface area contributed by atoms with Crippen molar-refractivity contribution in [3.63, 3.8) is 0 Å². The predicted molar refractivity (Wildman–Crippen MR) is 90.4 cm³/mol. The van der Waals surface area contributed by atoms with Gasteiger partial charge in [-0.15, -0.1) is 10.2 Å². The smallest absolute Gasteiger partial charge is 0.230 e. The second kappa shape index (κ2) is 8.03. The number of rotatable bonds is 6. The highest BCUT2D eigenvalue weighted by Gasteiger charge is 2.12. The summed E-state index contributed by atoms with van der Waals surface area (Å²) in [6, 6.07) is 7.41. The zero-order valence-electron chi connectivity index (χ0n) is 11.5. The first kappa shape index (κ1) is 16.6. The Kier molecular flexibility index (Phi) is 6.35. The second-order valence-electron chi connectivity index (χ2n) is 4.17. The number of amides is 1. The molecule has 0 aliphatic carbocycles. The fraction of sp³-hybridized carbons (Fsp3) is 0.308. The minimum Gasteiger partial charge on any atom is -0.349 e. The van der Waals surface area contributed by atoms with Crippen molar-refractivity contribution >= 4 is 52.4 Å². The molecule has 0 spiro atoms. The highest BCUT2D eigenvalue weighted by molar-refractivity contribution is 8.03. The highest BCUT2D eigenvalue weighted by atomic mass is 35.5. The number of nitrogens with zero attached hydrogens (tertiary/aromatic N) is 2. The molecule has 0 saturated heterocycles. The predicted octanol–water partition coefficient (Wildman–Crippen LogP) is 3.88. The Morgan fingerprint density at radius 3 is 2.86 bits per heavy atom. The van der Waals surface area contributed by atoms with Crippen LogP contribution in [0.25, 0.3) is 0 Å². The molecule has 1 aromatic heterocycles. The van der Waals surface area contributed by atoms with E-state index < -0.39 is 0 Å². The summed E-state index contributed by atoms with van der Waals surface area (Å²) in [6.07, 6.45) is 1.95. The van der Waals surface area contributed by atoms with Crippen molar-refractivity contribution < 1.29 is 4.79 Å². The maximum Gasteiger partial charge on any atom is 0.230 e. The minimum absolute atomic E-state index is 0.0339. The Morgan fingerprint density at radius 2 is 2.19 bits per heavy atom. The van der Waals surface area contributed by atoms with Crippen LogP contribution in [0.4, 0.5) is 0 Å². The van der Waals surface area contributed by atoms with Crippen LogP contribution in [0.3, 0.4) is 0 Å². The van der Waals surface area contributed by atoms with Gasteiger partial charge in [-0.2, -0.15) is 0 Å². The Labute approximate surface area is 141 Å². The summed E-state index contributed by atoms with van der Waals surface area (Å²) in [7, 11) is 0. The number of benzene rings is 1. The van der Waals surface area contributed by atoms with Crippen LogP contribution in [-0.2, 0) is 4.79 Å². The van der Waals surface area contributed by atoms with Gasteiger partial charge in [0.2, 0.25) is 5.91 Å². The topological polar surface area (TPSA) is 54.9 Å². The molecule has 0 saturated carbocycles. The van der Waals surface area contributed by atoms with Gasteiger partial charge in [0, 0.05) is 5.02 Å². The molecular weight excluding hydrogens is 346 g/mol. The molecule has 2 aromatic rings. The summed E-state index contributed by atoms with van der Waals surface area (Å²) < 4.78 is 1.72. The molecule has 1 amide bonds. The lowest BCUT2D eigenvalue weighted by atomic mass is 10.1. The molecule has 1 atom stereocenters. The van der Waals surface area contributed by atoms with Gasteiger partial charge in [-0.05, 0) is 30.9 Å². The lowest BCUT2D eigenvalue weighted by Crippen LogP contribution is -2.28. The molecule has 1 heterocycles. The van der Waals surface area contributed by atoms with Crippen molar-refractivity contribution in [2.75, 3.05) is 12.0 Å². The van der Waals surface area contributed by atoms with Crippen LogP contribution in [0.2, 0.25) is 5.02 Å². The van der Waals surface area contributed by atoms with Crippen molar-refractivity contribution in [3.8, 4) is 0 Å². The summed E-state index contributed by atoms with van der Waals surface area (Å²) in [6.45, 7) is 1.94. The minimum atomic E-state index is -0.0759. The zero-order valence-corrected chi connectivity index (χ0v) is 14.7. The largest absolute Gasteiger partial charge is 0.349 e. The van der Waals surface area contributed by atoms with E-state index in [4.69, 9.17) is 11.6 Å².